The van der Waals surface area contributed by atoms with E-state index in [1.165, 1.54) is 11.8 Å². The Morgan fingerprint density at radius 3 is 2.17 bits per heavy atom. The van der Waals surface area contributed by atoms with E-state index in [2.05, 4.69) is 20.9 Å². The van der Waals surface area contributed by atoms with Crippen LogP contribution in [0.15, 0.2) is 60.8 Å². The molecule has 0 saturated heterocycles. The summed E-state index contributed by atoms with van der Waals surface area (Å²) in [7, 11) is 0. The van der Waals surface area contributed by atoms with Crippen LogP contribution in [0.3, 0.4) is 0 Å². The van der Waals surface area contributed by atoms with Gasteiger partial charge in [-0.25, -0.2) is 4.79 Å². The quantitative estimate of drug-likeness (QED) is 0.160. The highest BCUT2D eigenvalue weighted by Gasteiger charge is 2.31. The Morgan fingerprint density at radius 2 is 1.51 bits per heavy atom. The van der Waals surface area contributed by atoms with Gasteiger partial charge in [0, 0.05) is 23.5 Å². The molecule has 220 valence electrons. The van der Waals surface area contributed by atoms with Gasteiger partial charge in [0.25, 0.3) is 0 Å². The van der Waals surface area contributed by atoms with Gasteiger partial charge in [-0.05, 0) is 48.0 Å². The molecule has 10 nitrogen and oxygen atoms in total. The maximum atomic E-state index is 13.6. The first-order valence-electron chi connectivity index (χ1n) is 13.6. The normalized spacial score (nSPS) is 14.2. The van der Waals surface area contributed by atoms with E-state index in [1.807, 2.05) is 67.0 Å². The number of carbonyl (C=O) groups is 4. The number of carboxylic acid groups (broad SMARTS) is 1. The van der Waals surface area contributed by atoms with Crippen molar-refractivity contribution in [3.05, 3.63) is 71.9 Å². The van der Waals surface area contributed by atoms with Gasteiger partial charge in [-0.3, -0.25) is 14.4 Å². The molecule has 0 spiro atoms. The zero-order valence-electron chi connectivity index (χ0n) is 23.6. The van der Waals surface area contributed by atoms with Crippen LogP contribution in [0.4, 0.5) is 0 Å². The van der Waals surface area contributed by atoms with Gasteiger partial charge in [-0.2, -0.15) is 11.8 Å². The van der Waals surface area contributed by atoms with Gasteiger partial charge in [0.1, 0.15) is 18.1 Å². The number of aromatic nitrogens is 1. The Bertz CT molecular complexity index is 1330. The van der Waals surface area contributed by atoms with Crippen molar-refractivity contribution >= 4 is 46.4 Å². The zero-order valence-corrected chi connectivity index (χ0v) is 24.4. The summed E-state index contributed by atoms with van der Waals surface area (Å²) in [5.41, 5.74) is 8.93. The first-order chi connectivity index (χ1) is 19.6. The molecular formula is C30H39N5O5S. The molecule has 0 aliphatic rings. The highest BCUT2D eigenvalue weighted by Crippen LogP contribution is 2.19. The number of fused-ring (bicyclic) bond motifs is 1. The molecule has 0 saturated carbocycles. The van der Waals surface area contributed by atoms with Crippen LogP contribution in [0.2, 0.25) is 0 Å². The number of benzene rings is 2. The Labute approximate surface area is 244 Å². The minimum Gasteiger partial charge on any atom is -0.480 e. The van der Waals surface area contributed by atoms with E-state index in [0.29, 0.717) is 5.75 Å². The molecule has 1 heterocycles. The molecule has 1 aromatic heterocycles. The number of carbonyl (C=O) groups excluding carboxylic acids is 3. The van der Waals surface area contributed by atoms with Crippen LogP contribution >= 0.6 is 11.8 Å². The number of hydrogen-bond acceptors (Lipinski definition) is 6. The van der Waals surface area contributed by atoms with Crippen LogP contribution in [0.25, 0.3) is 10.9 Å². The SMILES string of the molecule is CSCCC(NC(=O)C(Cc1ccccc1)NC(=O)C(N)Cc1c[nH]c2ccccc12)C(=O)NC(C(=O)O)C(C)C. The molecular weight excluding hydrogens is 542 g/mol. The second-order valence-electron chi connectivity index (χ2n) is 10.3. The Balaban J connectivity index is 1.76. The van der Waals surface area contributed by atoms with E-state index in [4.69, 9.17) is 5.73 Å². The van der Waals surface area contributed by atoms with Crippen LogP contribution in [-0.4, -0.2) is 70.0 Å². The summed E-state index contributed by atoms with van der Waals surface area (Å²) >= 11 is 1.50. The highest BCUT2D eigenvalue weighted by molar-refractivity contribution is 7.98. The molecule has 0 bridgehead atoms. The zero-order chi connectivity index (χ0) is 29.9. The summed E-state index contributed by atoms with van der Waals surface area (Å²) in [5, 5.41) is 18.6. The molecule has 4 atom stereocenters. The average molecular weight is 582 g/mol. The van der Waals surface area contributed by atoms with Gasteiger partial charge in [0.05, 0.1) is 6.04 Å². The number of aromatic amines is 1. The molecule has 0 aliphatic carbocycles. The van der Waals surface area contributed by atoms with Crippen LogP contribution in [0, 0.1) is 5.92 Å². The van der Waals surface area contributed by atoms with E-state index >= 15 is 0 Å². The van der Waals surface area contributed by atoms with E-state index in [-0.39, 0.29) is 25.2 Å². The van der Waals surface area contributed by atoms with E-state index < -0.39 is 47.9 Å². The number of carboxylic acids is 1. The lowest BCUT2D eigenvalue weighted by Gasteiger charge is -2.26. The van der Waals surface area contributed by atoms with Crippen LogP contribution < -0.4 is 21.7 Å². The molecule has 3 amide bonds. The molecule has 11 heteroatoms. The standard InChI is InChI=1S/C30H39N5O5S/c1-18(2)26(30(39)40)35-28(37)24(13-14-41-3)33-29(38)25(15-19-9-5-4-6-10-19)34-27(36)22(31)16-20-17-32-23-12-8-7-11-21(20)23/h4-12,17-18,22,24-26,32H,13-16,31H2,1-3H3,(H,33,38)(H,34,36)(H,35,37)(H,39,40). The van der Waals surface area contributed by atoms with Gasteiger partial charge in [-0.1, -0.05) is 62.4 Å². The third-order valence-corrected chi connectivity index (χ3v) is 7.49. The second-order valence-corrected chi connectivity index (χ2v) is 11.3. The first kappa shape index (κ1) is 31.7. The monoisotopic (exact) mass is 581 g/mol. The van der Waals surface area contributed by atoms with Crippen molar-refractivity contribution in [2.24, 2.45) is 11.7 Å². The number of amides is 3. The number of aliphatic carboxylic acids is 1. The molecule has 4 unspecified atom stereocenters. The molecule has 2 aromatic carbocycles. The molecule has 7 N–H and O–H groups in total. The minimum atomic E-state index is -1.15. The topological polar surface area (TPSA) is 166 Å². The van der Waals surface area contributed by atoms with Crippen LogP contribution in [0.5, 0.6) is 0 Å². The number of H-pyrrole nitrogens is 1. The number of thioether (sulfide) groups is 1. The number of nitrogens with two attached hydrogens (primary N) is 1. The molecule has 0 radical (unpaired) electrons. The van der Waals surface area contributed by atoms with E-state index in [1.54, 1.807) is 13.8 Å². The lowest BCUT2D eigenvalue weighted by atomic mass is 10.0. The van der Waals surface area contributed by atoms with Gasteiger partial charge < -0.3 is 31.8 Å². The summed E-state index contributed by atoms with van der Waals surface area (Å²) < 4.78 is 0. The highest BCUT2D eigenvalue weighted by atomic mass is 32.2. The van der Waals surface area contributed by atoms with Gasteiger partial charge in [0.15, 0.2) is 0 Å². The maximum Gasteiger partial charge on any atom is 0.326 e. The summed E-state index contributed by atoms with van der Waals surface area (Å²) in [4.78, 5) is 54.7. The fourth-order valence-electron chi connectivity index (χ4n) is 4.51. The summed E-state index contributed by atoms with van der Waals surface area (Å²) in [5.74, 6) is -2.59. The summed E-state index contributed by atoms with van der Waals surface area (Å²) in [6, 6.07) is 12.9. The van der Waals surface area contributed by atoms with Crippen LogP contribution in [0.1, 0.15) is 31.4 Å². The summed E-state index contributed by atoms with van der Waals surface area (Å²) in [6.07, 6.45) is 4.43. The first-order valence-corrected chi connectivity index (χ1v) is 15.0. The molecule has 3 rings (SSSR count). The van der Waals surface area contributed by atoms with Crippen molar-refractivity contribution in [2.45, 2.75) is 57.3 Å². The Morgan fingerprint density at radius 1 is 0.878 bits per heavy atom. The van der Waals surface area contributed by atoms with E-state index in [9.17, 15) is 24.3 Å². The summed E-state index contributed by atoms with van der Waals surface area (Å²) in [6.45, 7) is 3.39. The molecule has 0 fully saturated rings. The number of nitrogens with one attached hydrogen (secondary N) is 4. The molecule has 3 aromatic rings. The molecule has 41 heavy (non-hydrogen) atoms. The number of para-hydroxylation sites is 1. The van der Waals surface area contributed by atoms with Crippen molar-refractivity contribution in [3.8, 4) is 0 Å². The number of hydrogen-bond donors (Lipinski definition) is 6. The van der Waals surface area contributed by atoms with Gasteiger partial charge in [0.2, 0.25) is 17.7 Å². The maximum absolute atomic E-state index is 13.6. The van der Waals surface area contributed by atoms with Crippen LogP contribution in [-0.2, 0) is 32.0 Å². The minimum absolute atomic E-state index is 0.179. The third-order valence-electron chi connectivity index (χ3n) is 6.84. The predicted octanol–water partition coefficient (Wildman–Crippen LogP) is 2.23. The van der Waals surface area contributed by atoms with Gasteiger partial charge >= 0.3 is 5.97 Å². The van der Waals surface area contributed by atoms with Crippen molar-refractivity contribution in [3.63, 3.8) is 0 Å². The van der Waals surface area contributed by atoms with E-state index in [0.717, 1.165) is 22.0 Å². The Kier molecular flexibility index (Phi) is 11.8. The van der Waals surface area contributed by atoms with Gasteiger partial charge in [-0.15, -0.1) is 0 Å². The number of rotatable bonds is 15. The van der Waals surface area contributed by atoms with Crippen molar-refractivity contribution in [1.29, 1.82) is 0 Å². The largest absolute Gasteiger partial charge is 0.480 e. The lowest BCUT2D eigenvalue weighted by Crippen LogP contribution is -2.58. The average Bonchev–Trinajstić information content (AvgIpc) is 3.36. The lowest BCUT2D eigenvalue weighted by molar-refractivity contribution is -0.143. The van der Waals surface area contributed by atoms with Crippen molar-refractivity contribution < 1.29 is 24.3 Å². The Hall–Kier alpha value is -3.83. The van der Waals surface area contributed by atoms with Crippen molar-refractivity contribution in [2.75, 3.05) is 12.0 Å². The molecule has 0 aliphatic heterocycles. The second kappa shape index (κ2) is 15.2. The predicted molar refractivity (Wildman–Crippen MR) is 161 cm³/mol. The third kappa shape index (κ3) is 9.09. The van der Waals surface area contributed by atoms with Crippen molar-refractivity contribution in [1.82, 2.24) is 20.9 Å². The smallest absolute Gasteiger partial charge is 0.326 e. The fraction of sp³-hybridized carbons (Fsp3) is 0.400. The fourth-order valence-corrected chi connectivity index (χ4v) is 4.98.